The minimum absolute atomic E-state index is 0.731. The fraction of sp³-hybridized carbons (Fsp3) is 0.143. The maximum atomic E-state index is 8.41. The zero-order chi connectivity index (χ0) is 6.69. The number of anilines is 1. The number of hydrogen-bond acceptors (Lipinski definition) is 2. The highest BCUT2D eigenvalue weighted by molar-refractivity contribution is 5.42. The van der Waals surface area contributed by atoms with E-state index in [1.807, 2.05) is 25.1 Å². The summed E-state index contributed by atoms with van der Waals surface area (Å²) in [6.45, 7) is 1.97. The Morgan fingerprint density at radius 2 is 2.22 bits per heavy atom. The smallest absolute Gasteiger partial charge is 0.0604 e. The molecule has 0 bridgehead atoms. The van der Waals surface area contributed by atoms with Crippen LogP contribution in [0, 0.1) is 6.92 Å². The van der Waals surface area contributed by atoms with Gasteiger partial charge in [-0.05, 0) is 24.6 Å². The lowest BCUT2D eigenvalue weighted by Gasteiger charge is -1.97. The molecule has 0 saturated heterocycles. The van der Waals surface area contributed by atoms with E-state index in [1.165, 1.54) is 0 Å². The highest BCUT2D eigenvalue weighted by atomic mass is 16.5. The van der Waals surface area contributed by atoms with Crippen LogP contribution in [-0.4, -0.2) is 5.21 Å². The summed E-state index contributed by atoms with van der Waals surface area (Å²) in [4.78, 5) is 0. The Hall–Kier alpha value is -1.02. The van der Waals surface area contributed by atoms with Crippen molar-refractivity contribution in [1.82, 2.24) is 0 Å². The van der Waals surface area contributed by atoms with Crippen molar-refractivity contribution in [2.75, 3.05) is 5.48 Å². The summed E-state index contributed by atoms with van der Waals surface area (Å²) in [5.41, 5.74) is 3.93. The van der Waals surface area contributed by atoms with Gasteiger partial charge in [0, 0.05) is 0 Å². The zero-order valence-corrected chi connectivity index (χ0v) is 5.26. The topological polar surface area (TPSA) is 32.3 Å². The summed E-state index contributed by atoms with van der Waals surface area (Å²) in [7, 11) is 0. The van der Waals surface area contributed by atoms with Crippen LogP contribution >= 0.6 is 0 Å². The number of nitrogens with one attached hydrogen (secondary N) is 1. The molecule has 0 amide bonds. The molecular formula is C7H9NO. The van der Waals surface area contributed by atoms with Crippen LogP contribution in [0.15, 0.2) is 24.3 Å². The molecule has 0 unspecified atom stereocenters. The quantitative estimate of drug-likeness (QED) is 0.558. The molecule has 0 heterocycles. The molecule has 0 fully saturated rings. The fourth-order valence-corrected chi connectivity index (χ4v) is 0.715. The average molecular weight is 123 g/mol. The van der Waals surface area contributed by atoms with Crippen LogP contribution in [0.1, 0.15) is 5.56 Å². The van der Waals surface area contributed by atoms with Crippen LogP contribution < -0.4 is 5.48 Å². The summed E-state index contributed by atoms with van der Waals surface area (Å²) in [5.74, 6) is 0. The number of benzene rings is 1. The van der Waals surface area contributed by atoms with Crippen LogP contribution in [0.3, 0.4) is 0 Å². The molecule has 48 valence electrons. The first-order valence-corrected chi connectivity index (χ1v) is 2.79. The average Bonchev–Trinajstić information content (AvgIpc) is 1.88. The zero-order valence-electron chi connectivity index (χ0n) is 5.26. The third-order valence-corrected chi connectivity index (χ3v) is 1.15. The Labute approximate surface area is 54.1 Å². The van der Waals surface area contributed by atoms with Crippen LogP contribution in [0.4, 0.5) is 5.69 Å². The molecule has 0 aliphatic rings. The van der Waals surface area contributed by atoms with Crippen LogP contribution in [0.2, 0.25) is 0 Å². The lowest BCUT2D eigenvalue weighted by atomic mass is 10.2. The predicted molar refractivity (Wildman–Crippen MR) is 36.6 cm³/mol. The lowest BCUT2D eigenvalue weighted by molar-refractivity contribution is 0.389. The number of rotatable bonds is 1. The molecule has 0 radical (unpaired) electrons. The molecule has 1 rings (SSSR count). The van der Waals surface area contributed by atoms with Crippen molar-refractivity contribution in [3.05, 3.63) is 29.8 Å². The lowest BCUT2D eigenvalue weighted by Crippen LogP contribution is -1.87. The molecule has 0 atom stereocenters. The van der Waals surface area contributed by atoms with E-state index in [1.54, 1.807) is 6.07 Å². The van der Waals surface area contributed by atoms with Gasteiger partial charge < -0.3 is 0 Å². The van der Waals surface area contributed by atoms with Gasteiger partial charge in [0.25, 0.3) is 0 Å². The standard InChI is InChI=1S/C7H9NO/c1-6-3-2-4-7(5-6)8-9/h2-5,8-9H,1H3. The fourth-order valence-electron chi connectivity index (χ4n) is 0.715. The SMILES string of the molecule is Cc1cccc(NO)c1. The molecule has 1 aromatic rings. The Bertz CT molecular complexity index is 198. The first kappa shape index (κ1) is 6.11. The van der Waals surface area contributed by atoms with E-state index in [0.29, 0.717) is 0 Å². The van der Waals surface area contributed by atoms with Crippen LogP contribution in [0.25, 0.3) is 0 Å². The molecule has 9 heavy (non-hydrogen) atoms. The minimum atomic E-state index is 0.731. The van der Waals surface area contributed by atoms with Crippen molar-refractivity contribution in [2.45, 2.75) is 6.92 Å². The van der Waals surface area contributed by atoms with Gasteiger partial charge in [0.15, 0.2) is 0 Å². The second-order valence-corrected chi connectivity index (χ2v) is 1.98. The number of hydrogen-bond donors (Lipinski definition) is 2. The summed E-state index contributed by atoms with van der Waals surface area (Å²) >= 11 is 0. The second-order valence-electron chi connectivity index (χ2n) is 1.98. The Morgan fingerprint density at radius 3 is 2.67 bits per heavy atom. The van der Waals surface area contributed by atoms with Gasteiger partial charge >= 0.3 is 0 Å². The van der Waals surface area contributed by atoms with Crippen molar-refractivity contribution in [1.29, 1.82) is 0 Å². The van der Waals surface area contributed by atoms with Gasteiger partial charge in [0.1, 0.15) is 0 Å². The molecule has 2 heteroatoms. The first-order valence-electron chi connectivity index (χ1n) is 2.79. The van der Waals surface area contributed by atoms with E-state index >= 15 is 0 Å². The Kier molecular flexibility index (Phi) is 1.70. The van der Waals surface area contributed by atoms with Crippen LogP contribution in [0.5, 0.6) is 0 Å². The van der Waals surface area contributed by atoms with E-state index in [2.05, 4.69) is 5.48 Å². The van der Waals surface area contributed by atoms with Gasteiger partial charge in [-0.25, -0.2) is 0 Å². The molecule has 0 saturated carbocycles. The Balaban J connectivity index is 2.94. The molecule has 2 N–H and O–H groups in total. The van der Waals surface area contributed by atoms with Gasteiger partial charge in [-0.15, -0.1) is 0 Å². The van der Waals surface area contributed by atoms with Gasteiger partial charge in [0.05, 0.1) is 5.69 Å². The molecule has 2 nitrogen and oxygen atoms in total. The highest BCUT2D eigenvalue weighted by Gasteiger charge is 1.85. The van der Waals surface area contributed by atoms with Gasteiger partial charge in [-0.1, -0.05) is 12.1 Å². The van der Waals surface area contributed by atoms with E-state index in [0.717, 1.165) is 11.3 Å². The summed E-state index contributed by atoms with van der Waals surface area (Å²) in [6.07, 6.45) is 0. The second kappa shape index (κ2) is 2.51. The third kappa shape index (κ3) is 1.44. The van der Waals surface area contributed by atoms with Crippen LogP contribution in [-0.2, 0) is 0 Å². The van der Waals surface area contributed by atoms with Crippen molar-refractivity contribution in [3.8, 4) is 0 Å². The first-order chi connectivity index (χ1) is 4.33. The maximum absolute atomic E-state index is 8.41. The molecular weight excluding hydrogens is 114 g/mol. The molecule has 0 spiro atoms. The monoisotopic (exact) mass is 123 g/mol. The van der Waals surface area contributed by atoms with E-state index in [9.17, 15) is 0 Å². The third-order valence-electron chi connectivity index (χ3n) is 1.15. The van der Waals surface area contributed by atoms with Crippen molar-refractivity contribution in [2.24, 2.45) is 0 Å². The number of aryl methyl sites for hydroxylation is 1. The van der Waals surface area contributed by atoms with Gasteiger partial charge in [0.2, 0.25) is 0 Å². The van der Waals surface area contributed by atoms with Gasteiger partial charge in [-0.2, -0.15) is 0 Å². The molecule has 1 aromatic carbocycles. The predicted octanol–water partition coefficient (Wildman–Crippen LogP) is 1.80. The molecule has 0 aliphatic carbocycles. The highest BCUT2D eigenvalue weighted by Crippen LogP contribution is 2.07. The Morgan fingerprint density at radius 1 is 1.44 bits per heavy atom. The largest absolute Gasteiger partial charge is 0.291 e. The summed E-state index contributed by atoms with van der Waals surface area (Å²) in [5, 5.41) is 8.41. The molecule has 0 aliphatic heterocycles. The van der Waals surface area contributed by atoms with Crippen molar-refractivity contribution < 1.29 is 5.21 Å². The summed E-state index contributed by atoms with van der Waals surface area (Å²) in [6, 6.07) is 7.52. The summed E-state index contributed by atoms with van der Waals surface area (Å²) < 4.78 is 0. The van der Waals surface area contributed by atoms with Gasteiger partial charge in [-0.3, -0.25) is 10.7 Å². The van der Waals surface area contributed by atoms with E-state index in [4.69, 9.17) is 5.21 Å². The van der Waals surface area contributed by atoms with E-state index < -0.39 is 0 Å². The maximum Gasteiger partial charge on any atom is 0.0604 e. The minimum Gasteiger partial charge on any atom is -0.291 e. The van der Waals surface area contributed by atoms with Crippen molar-refractivity contribution in [3.63, 3.8) is 0 Å². The van der Waals surface area contributed by atoms with Crippen molar-refractivity contribution >= 4 is 5.69 Å². The normalized spacial score (nSPS) is 9.11. The van der Waals surface area contributed by atoms with E-state index in [-0.39, 0.29) is 0 Å². The molecule has 0 aromatic heterocycles.